The molecule has 2 aliphatic rings. The van der Waals surface area contributed by atoms with E-state index in [1.807, 2.05) is 56.4 Å². The number of rotatable bonds is 11. The lowest BCUT2D eigenvalue weighted by Gasteiger charge is -2.36. The number of hydrogen-bond acceptors (Lipinski definition) is 12. The first-order valence-electron chi connectivity index (χ1n) is 17.6. The molecule has 0 saturated carbocycles. The van der Waals surface area contributed by atoms with Crippen molar-refractivity contribution in [3.63, 3.8) is 0 Å². The van der Waals surface area contributed by atoms with Gasteiger partial charge < -0.3 is 20.5 Å². The summed E-state index contributed by atoms with van der Waals surface area (Å²) in [5.74, 6) is -3.25. The molecule has 0 radical (unpaired) electrons. The third-order valence-corrected chi connectivity index (χ3v) is 9.92. The van der Waals surface area contributed by atoms with Crippen LogP contribution in [0.2, 0.25) is 0 Å². The standard InChI is InChI=1S/C38H38F2N10O4/c1-21-15-24(3-5-26(21)22(2)36-47-38(35(41)52)54-48-36)30-18-32(44-20-43-30)45-31-7-4-25(19-42-31)50-13-11-49(12-14-50)10-9-23-16-28(39)34(29(40)17-23)27-6-8-33(51)46-37(27)53/h3-5,7,15-20,22,27H,6,8-14H2,1-2H3,(H2,41,52)(H,46,51,53)(H,42,43,44,45)/t22-,27-/m1/s1. The molecule has 2 fully saturated rings. The number of piperazine rings is 1. The van der Waals surface area contributed by atoms with Crippen LogP contribution in [0.1, 0.15) is 70.4 Å². The van der Waals surface area contributed by atoms with Gasteiger partial charge in [-0.3, -0.25) is 24.6 Å². The molecule has 5 heterocycles. The number of carbonyl (C=O) groups excluding carboxylic acids is 3. The SMILES string of the molecule is Cc1cc(-c2cc(Nc3ccc(N4CCN(CCc5cc(F)c([C@H]6CCC(=O)NC6=O)c(F)c5)CC4)cn3)ncn2)ccc1[C@@H](C)c1noc(C(N)=O)n1. The van der Waals surface area contributed by atoms with Gasteiger partial charge in [-0.25, -0.2) is 23.7 Å². The number of anilines is 3. The van der Waals surface area contributed by atoms with Crippen molar-refractivity contribution in [3.05, 3.63) is 107 Å². The maximum Gasteiger partial charge on any atom is 0.315 e. The van der Waals surface area contributed by atoms with Gasteiger partial charge in [-0.1, -0.05) is 24.2 Å². The molecule has 278 valence electrons. The van der Waals surface area contributed by atoms with Crippen LogP contribution in [0.4, 0.5) is 26.1 Å². The van der Waals surface area contributed by atoms with Gasteiger partial charge in [0.15, 0.2) is 5.82 Å². The monoisotopic (exact) mass is 736 g/mol. The largest absolute Gasteiger partial charge is 0.368 e. The molecule has 14 nitrogen and oxygen atoms in total. The molecule has 0 spiro atoms. The van der Waals surface area contributed by atoms with E-state index < -0.39 is 35.3 Å². The van der Waals surface area contributed by atoms with E-state index in [0.29, 0.717) is 36.0 Å². The lowest BCUT2D eigenvalue weighted by Crippen LogP contribution is -2.47. The van der Waals surface area contributed by atoms with E-state index in [-0.39, 0.29) is 30.2 Å². The number of pyridine rings is 1. The molecule has 5 aromatic rings. The zero-order valence-corrected chi connectivity index (χ0v) is 29.7. The molecule has 2 saturated heterocycles. The van der Waals surface area contributed by atoms with Gasteiger partial charge in [0, 0.05) is 62.3 Å². The van der Waals surface area contributed by atoms with Crippen molar-refractivity contribution in [3.8, 4) is 11.3 Å². The quantitative estimate of drug-likeness (QED) is 0.163. The molecule has 54 heavy (non-hydrogen) atoms. The number of nitrogens with zero attached hydrogens (tertiary/aromatic N) is 7. The number of carbonyl (C=O) groups is 3. The van der Waals surface area contributed by atoms with Crippen LogP contribution in [0.3, 0.4) is 0 Å². The molecule has 2 aliphatic heterocycles. The Bertz CT molecular complexity index is 2180. The third kappa shape index (κ3) is 7.93. The van der Waals surface area contributed by atoms with Gasteiger partial charge >= 0.3 is 11.8 Å². The molecule has 2 atom stereocenters. The number of amides is 3. The summed E-state index contributed by atoms with van der Waals surface area (Å²) < 4.78 is 34.9. The highest BCUT2D eigenvalue weighted by Gasteiger charge is 2.32. The highest BCUT2D eigenvalue weighted by Crippen LogP contribution is 2.31. The number of piperidine rings is 1. The zero-order chi connectivity index (χ0) is 37.9. The van der Waals surface area contributed by atoms with Gasteiger partial charge in [0.25, 0.3) is 0 Å². The van der Waals surface area contributed by atoms with Gasteiger partial charge in [0.05, 0.1) is 23.5 Å². The number of halogens is 2. The van der Waals surface area contributed by atoms with Crippen molar-refractivity contribution >= 4 is 35.0 Å². The Morgan fingerprint density at radius 3 is 2.46 bits per heavy atom. The Balaban J connectivity index is 0.912. The van der Waals surface area contributed by atoms with Crippen LogP contribution in [-0.2, 0) is 16.0 Å². The van der Waals surface area contributed by atoms with Gasteiger partial charge in [-0.2, -0.15) is 4.98 Å². The Hall–Kier alpha value is -6.16. The first-order chi connectivity index (χ1) is 26.0. The topological polar surface area (TPSA) is 185 Å². The van der Waals surface area contributed by atoms with Gasteiger partial charge in [-0.05, 0) is 66.8 Å². The van der Waals surface area contributed by atoms with E-state index in [1.54, 1.807) is 0 Å². The van der Waals surface area contributed by atoms with Crippen molar-refractivity contribution in [1.29, 1.82) is 0 Å². The van der Waals surface area contributed by atoms with Gasteiger partial charge in [-0.15, -0.1) is 0 Å². The summed E-state index contributed by atoms with van der Waals surface area (Å²) in [6.07, 6.45) is 3.91. The second-order valence-electron chi connectivity index (χ2n) is 13.5. The van der Waals surface area contributed by atoms with E-state index in [2.05, 4.69) is 45.5 Å². The molecule has 0 aliphatic carbocycles. The molecule has 3 aromatic heterocycles. The van der Waals surface area contributed by atoms with Crippen LogP contribution in [-0.4, -0.2) is 80.4 Å². The Labute approximate surface area is 309 Å². The maximum absolute atomic E-state index is 15.0. The molecule has 0 unspecified atom stereocenters. The minimum absolute atomic E-state index is 0.0533. The number of benzene rings is 2. The fraction of sp³-hybridized carbons (Fsp3) is 0.316. The molecule has 4 N–H and O–H groups in total. The number of primary amides is 1. The number of imide groups is 1. The first kappa shape index (κ1) is 36.2. The lowest BCUT2D eigenvalue weighted by molar-refractivity contribution is -0.134. The van der Waals surface area contributed by atoms with E-state index in [4.69, 9.17) is 10.3 Å². The van der Waals surface area contributed by atoms with E-state index >= 15 is 0 Å². The summed E-state index contributed by atoms with van der Waals surface area (Å²) in [5, 5.41) is 9.32. The number of aromatic nitrogens is 5. The van der Waals surface area contributed by atoms with Crippen molar-refractivity contribution < 1.29 is 27.7 Å². The summed E-state index contributed by atoms with van der Waals surface area (Å²) in [6.45, 7) is 7.62. The molecular weight excluding hydrogens is 698 g/mol. The summed E-state index contributed by atoms with van der Waals surface area (Å²) in [5.41, 5.74) is 10.0. The van der Waals surface area contributed by atoms with Gasteiger partial charge in [0.2, 0.25) is 11.8 Å². The summed E-state index contributed by atoms with van der Waals surface area (Å²) in [7, 11) is 0. The average Bonchev–Trinajstić information content (AvgIpc) is 3.66. The smallest absolute Gasteiger partial charge is 0.315 e. The fourth-order valence-corrected chi connectivity index (χ4v) is 6.93. The van der Waals surface area contributed by atoms with Crippen molar-refractivity contribution in [1.82, 2.24) is 35.3 Å². The van der Waals surface area contributed by atoms with Crippen molar-refractivity contribution in [2.45, 2.75) is 44.9 Å². The van der Waals surface area contributed by atoms with Crippen molar-refractivity contribution in [2.24, 2.45) is 5.73 Å². The van der Waals surface area contributed by atoms with E-state index in [1.165, 1.54) is 18.5 Å². The molecule has 0 bridgehead atoms. The second kappa shape index (κ2) is 15.4. The number of nitrogens with one attached hydrogen (secondary N) is 2. The fourth-order valence-electron chi connectivity index (χ4n) is 6.93. The molecule has 7 rings (SSSR count). The Kier molecular flexibility index (Phi) is 10.4. The van der Waals surface area contributed by atoms with Crippen LogP contribution < -0.4 is 21.3 Å². The van der Waals surface area contributed by atoms with Crippen LogP contribution in [0.25, 0.3) is 11.3 Å². The molecule has 2 aromatic carbocycles. The third-order valence-electron chi connectivity index (χ3n) is 9.92. The van der Waals surface area contributed by atoms with E-state index in [9.17, 15) is 23.2 Å². The maximum atomic E-state index is 15.0. The van der Waals surface area contributed by atoms with Crippen LogP contribution in [0.15, 0.2) is 65.6 Å². The predicted molar refractivity (Wildman–Crippen MR) is 194 cm³/mol. The Morgan fingerprint density at radius 1 is 1.02 bits per heavy atom. The van der Waals surface area contributed by atoms with Gasteiger partial charge in [0.1, 0.15) is 29.6 Å². The predicted octanol–water partition coefficient (Wildman–Crippen LogP) is 4.39. The lowest BCUT2D eigenvalue weighted by atomic mass is 9.89. The van der Waals surface area contributed by atoms with Crippen LogP contribution in [0, 0.1) is 18.6 Å². The van der Waals surface area contributed by atoms with Crippen LogP contribution in [0.5, 0.6) is 0 Å². The van der Waals surface area contributed by atoms with E-state index in [0.717, 1.165) is 54.3 Å². The number of aryl methyl sites for hydroxylation is 1. The number of hydrogen-bond donors (Lipinski definition) is 3. The summed E-state index contributed by atoms with van der Waals surface area (Å²) >= 11 is 0. The first-order valence-corrected chi connectivity index (χ1v) is 17.6. The molecule has 16 heteroatoms. The Morgan fingerprint density at radius 2 is 1.80 bits per heavy atom. The number of nitrogens with two attached hydrogens (primary N) is 1. The highest BCUT2D eigenvalue weighted by atomic mass is 19.1. The highest BCUT2D eigenvalue weighted by molar-refractivity contribution is 6.01. The average molecular weight is 737 g/mol. The summed E-state index contributed by atoms with van der Waals surface area (Å²) in [6, 6.07) is 14.3. The second-order valence-corrected chi connectivity index (χ2v) is 13.5. The summed E-state index contributed by atoms with van der Waals surface area (Å²) in [4.78, 5) is 57.0. The molecule has 3 amide bonds. The van der Waals surface area contributed by atoms with Crippen molar-refractivity contribution in [2.75, 3.05) is 42.9 Å². The normalized spacial score (nSPS) is 17.0. The minimum atomic E-state index is -1.01. The van der Waals surface area contributed by atoms with Crippen LogP contribution >= 0.6 is 0 Å². The zero-order valence-electron chi connectivity index (χ0n) is 29.7. The minimum Gasteiger partial charge on any atom is -0.368 e. The molecular formula is C38H38F2N10O4.